The average Bonchev–Trinajstić information content (AvgIpc) is 3.04. The number of amides is 2. The van der Waals surface area contributed by atoms with Crippen molar-refractivity contribution in [2.45, 2.75) is 40.0 Å². The van der Waals surface area contributed by atoms with Crippen molar-refractivity contribution in [3.63, 3.8) is 0 Å². The highest BCUT2D eigenvalue weighted by atomic mass is 16.2. The molecule has 4 heteroatoms. The first-order valence-electron chi connectivity index (χ1n) is 11.0. The van der Waals surface area contributed by atoms with Gasteiger partial charge in [-0.05, 0) is 60.2 Å². The van der Waals surface area contributed by atoms with Crippen molar-refractivity contribution in [3.8, 4) is 0 Å². The Labute approximate surface area is 189 Å². The van der Waals surface area contributed by atoms with Crippen molar-refractivity contribution >= 4 is 28.8 Å². The second kappa shape index (κ2) is 8.83. The van der Waals surface area contributed by atoms with E-state index in [9.17, 15) is 9.59 Å². The van der Waals surface area contributed by atoms with Gasteiger partial charge in [-0.3, -0.25) is 9.59 Å². The Hall–Kier alpha value is -3.66. The molecule has 2 amide bonds. The number of carbonyl (C=O) groups is 2. The number of imide groups is 1. The van der Waals surface area contributed by atoms with Crippen LogP contribution in [0.2, 0.25) is 0 Å². The standard InChI is InChI=1S/C28H28N2O2/c1-5-20-8-16-24(17-9-20)30-27(31)25(22-10-6-19(4)7-11-22)26(28(30)32)29-23-14-12-21(13-15-23)18(2)3/h6-18,29H,5H2,1-4H3. The number of benzene rings is 3. The number of anilines is 2. The topological polar surface area (TPSA) is 49.4 Å². The van der Waals surface area contributed by atoms with Crippen LogP contribution < -0.4 is 10.2 Å². The Kier molecular flexibility index (Phi) is 5.95. The third-order valence-corrected chi connectivity index (χ3v) is 5.87. The van der Waals surface area contributed by atoms with Gasteiger partial charge in [-0.1, -0.05) is 74.9 Å². The van der Waals surface area contributed by atoms with Gasteiger partial charge in [-0.2, -0.15) is 0 Å². The number of carbonyl (C=O) groups excluding carboxylic acids is 2. The number of aryl methyl sites for hydroxylation is 2. The van der Waals surface area contributed by atoms with E-state index in [2.05, 4.69) is 26.1 Å². The zero-order valence-corrected chi connectivity index (χ0v) is 19.0. The van der Waals surface area contributed by atoms with Crippen LogP contribution in [0, 0.1) is 6.92 Å². The molecule has 0 unspecified atom stereocenters. The van der Waals surface area contributed by atoms with Crippen LogP contribution in [-0.4, -0.2) is 11.8 Å². The number of hydrogen-bond donors (Lipinski definition) is 1. The summed E-state index contributed by atoms with van der Waals surface area (Å²) in [4.78, 5) is 28.3. The molecular formula is C28H28N2O2. The van der Waals surface area contributed by atoms with Gasteiger partial charge in [0.25, 0.3) is 11.8 Å². The summed E-state index contributed by atoms with van der Waals surface area (Å²) in [6, 6.07) is 23.3. The lowest BCUT2D eigenvalue weighted by Crippen LogP contribution is -2.32. The number of nitrogens with zero attached hydrogens (tertiary/aromatic N) is 1. The van der Waals surface area contributed by atoms with Gasteiger partial charge >= 0.3 is 0 Å². The maximum Gasteiger partial charge on any atom is 0.282 e. The molecule has 0 fully saturated rings. The molecule has 0 aliphatic carbocycles. The molecule has 0 radical (unpaired) electrons. The van der Waals surface area contributed by atoms with Gasteiger partial charge in [-0.15, -0.1) is 0 Å². The Balaban J connectivity index is 1.76. The van der Waals surface area contributed by atoms with E-state index in [0.717, 1.165) is 28.8 Å². The van der Waals surface area contributed by atoms with Crippen LogP contribution in [0.4, 0.5) is 11.4 Å². The monoisotopic (exact) mass is 424 g/mol. The molecule has 0 saturated heterocycles. The van der Waals surface area contributed by atoms with E-state index in [1.165, 1.54) is 10.5 Å². The first kappa shape index (κ1) is 21.6. The lowest BCUT2D eigenvalue weighted by Gasteiger charge is -2.16. The maximum absolute atomic E-state index is 13.5. The van der Waals surface area contributed by atoms with E-state index in [1.807, 2.05) is 79.7 Å². The zero-order chi connectivity index (χ0) is 22.8. The van der Waals surface area contributed by atoms with Gasteiger partial charge in [-0.25, -0.2) is 4.90 Å². The Bertz CT molecular complexity index is 1170. The van der Waals surface area contributed by atoms with Crippen LogP contribution in [0.15, 0.2) is 78.5 Å². The number of rotatable bonds is 6. The van der Waals surface area contributed by atoms with Crippen LogP contribution in [-0.2, 0) is 16.0 Å². The molecule has 0 atom stereocenters. The van der Waals surface area contributed by atoms with Gasteiger partial charge < -0.3 is 5.32 Å². The fourth-order valence-electron chi connectivity index (χ4n) is 3.84. The quantitative estimate of drug-likeness (QED) is 0.488. The lowest BCUT2D eigenvalue weighted by atomic mass is 10.0. The Morgan fingerprint density at radius 1 is 0.812 bits per heavy atom. The Morgan fingerprint density at radius 2 is 1.44 bits per heavy atom. The highest BCUT2D eigenvalue weighted by Crippen LogP contribution is 2.34. The minimum Gasteiger partial charge on any atom is -0.350 e. The molecule has 1 aliphatic heterocycles. The molecule has 1 heterocycles. The van der Waals surface area contributed by atoms with Gasteiger partial charge in [0.2, 0.25) is 0 Å². The minimum atomic E-state index is -0.345. The third kappa shape index (κ3) is 4.09. The molecule has 32 heavy (non-hydrogen) atoms. The smallest absolute Gasteiger partial charge is 0.282 e. The van der Waals surface area contributed by atoms with E-state index in [0.29, 0.717) is 22.9 Å². The van der Waals surface area contributed by atoms with Crippen molar-refractivity contribution in [3.05, 3.63) is 101 Å². The van der Waals surface area contributed by atoms with Crippen molar-refractivity contribution in [2.75, 3.05) is 10.2 Å². The number of nitrogens with one attached hydrogen (secondary N) is 1. The summed E-state index contributed by atoms with van der Waals surface area (Å²) >= 11 is 0. The predicted octanol–water partition coefficient (Wildman–Crippen LogP) is 6.08. The van der Waals surface area contributed by atoms with Crippen LogP contribution in [0.3, 0.4) is 0 Å². The Morgan fingerprint density at radius 3 is 2.00 bits per heavy atom. The molecule has 0 bridgehead atoms. The van der Waals surface area contributed by atoms with Crippen molar-refractivity contribution in [1.29, 1.82) is 0 Å². The summed E-state index contributed by atoms with van der Waals surface area (Å²) in [5, 5.41) is 3.24. The molecule has 3 aromatic carbocycles. The highest BCUT2D eigenvalue weighted by Gasteiger charge is 2.40. The van der Waals surface area contributed by atoms with E-state index in [1.54, 1.807) is 0 Å². The minimum absolute atomic E-state index is 0.302. The van der Waals surface area contributed by atoms with Gasteiger partial charge in [0.05, 0.1) is 11.3 Å². The van der Waals surface area contributed by atoms with Crippen molar-refractivity contribution in [2.24, 2.45) is 0 Å². The summed E-state index contributed by atoms with van der Waals surface area (Å²) in [5.41, 5.74) is 6.24. The van der Waals surface area contributed by atoms with E-state index in [-0.39, 0.29) is 11.8 Å². The van der Waals surface area contributed by atoms with E-state index >= 15 is 0 Å². The predicted molar refractivity (Wildman–Crippen MR) is 131 cm³/mol. The molecular weight excluding hydrogens is 396 g/mol. The number of hydrogen-bond acceptors (Lipinski definition) is 3. The van der Waals surface area contributed by atoms with Crippen LogP contribution in [0.25, 0.3) is 5.57 Å². The fourth-order valence-corrected chi connectivity index (χ4v) is 3.84. The molecule has 4 nitrogen and oxygen atoms in total. The van der Waals surface area contributed by atoms with Crippen LogP contribution in [0.1, 0.15) is 48.9 Å². The molecule has 3 aromatic rings. The summed E-state index contributed by atoms with van der Waals surface area (Å²) < 4.78 is 0. The van der Waals surface area contributed by atoms with Crippen molar-refractivity contribution in [1.82, 2.24) is 0 Å². The fraction of sp³-hybridized carbons (Fsp3) is 0.214. The average molecular weight is 425 g/mol. The maximum atomic E-state index is 13.5. The van der Waals surface area contributed by atoms with Crippen LogP contribution >= 0.6 is 0 Å². The first-order chi connectivity index (χ1) is 15.4. The van der Waals surface area contributed by atoms with E-state index in [4.69, 9.17) is 0 Å². The van der Waals surface area contributed by atoms with Crippen LogP contribution in [0.5, 0.6) is 0 Å². The lowest BCUT2D eigenvalue weighted by molar-refractivity contribution is -0.120. The molecule has 1 N–H and O–H groups in total. The van der Waals surface area contributed by atoms with Gasteiger partial charge in [0, 0.05) is 5.69 Å². The highest BCUT2D eigenvalue weighted by molar-refractivity contribution is 6.46. The van der Waals surface area contributed by atoms with E-state index < -0.39 is 0 Å². The zero-order valence-electron chi connectivity index (χ0n) is 19.0. The molecule has 0 aromatic heterocycles. The molecule has 4 rings (SSSR count). The van der Waals surface area contributed by atoms with Gasteiger partial charge in [0.1, 0.15) is 5.70 Å². The summed E-state index contributed by atoms with van der Waals surface area (Å²) in [6.07, 6.45) is 0.897. The third-order valence-electron chi connectivity index (χ3n) is 5.87. The summed E-state index contributed by atoms with van der Waals surface area (Å²) in [5.74, 6) is -0.241. The second-order valence-electron chi connectivity index (χ2n) is 8.48. The second-order valence-corrected chi connectivity index (χ2v) is 8.48. The normalized spacial score (nSPS) is 14.0. The molecule has 0 spiro atoms. The summed E-state index contributed by atoms with van der Waals surface area (Å²) in [7, 11) is 0. The SMILES string of the molecule is CCc1ccc(N2C(=O)C(Nc3ccc(C(C)C)cc3)=C(c3ccc(C)cc3)C2=O)cc1. The molecule has 162 valence electrons. The molecule has 0 saturated carbocycles. The first-order valence-corrected chi connectivity index (χ1v) is 11.0. The van der Waals surface area contributed by atoms with Gasteiger partial charge in [0.15, 0.2) is 0 Å². The summed E-state index contributed by atoms with van der Waals surface area (Å²) in [6.45, 7) is 8.35. The largest absolute Gasteiger partial charge is 0.350 e. The molecule has 1 aliphatic rings. The van der Waals surface area contributed by atoms with Crippen molar-refractivity contribution < 1.29 is 9.59 Å².